The molecule has 0 aliphatic carbocycles. The molecule has 0 rings (SSSR count). The molecule has 0 spiro atoms. The molecule has 64 valence electrons. The standard InChI is InChI=1S/2AsH3.6FH/h2*1H3;6*1H. The first kappa shape index (κ1) is 1060. The molecule has 0 amide bonds. The van der Waals surface area contributed by atoms with Gasteiger partial charge in [-0.3, -0.25) is 28.2 Å². The third-order valence-corrected chi connectivity index (χ3v) is 0. The molecule has 0 aromatic carbocycles. The van der Waals surface area contributed by atoms with Crippen LogP contribution in [0.4, 0.5) is 28.2 Å². The average molecular weight is 276 g/mol. The average Bonchev–Trinajstić information content (AvgIpc) is 0. The van der Waals surface area contributed by atoms with Crippen molar-refractivity contribution >= 4 is 35.9 Å². The molecular formula is H12As2F6. The van der Waals surface area contributed by atoms with Crippen LogP contribution in [-0.2, 0) is 0 Å². The van der Waals surface area contributed by atoms with Crippen molar-refractivity contribution in [3.63, 3.8) is 0 Å². The van der Waals surface area contributed by atoms with Gasteiger partial charge in [0.05, 0.1) is 0 Å². The van der Waals surface area contributed by atoms with Crippen LogP contribution in [0.25, 0.3) is 0 Å². The second kappa shape index (κ2) is 711. The van der Waals surface area contributed by atoms with E-state index in [1.807, 2.05) is 0 Å². The minimum atomic E-state index is 0. The molecule has 0 aromatic rings. The van der Waals surface area contributed by atoms with Crippen LogP contribution < -0.4 is 0 Å². The zero-order valence-corrected chi connectivity index (χ0v) is 9.80. The maximum absolute atomic E-state index is 0. The molecule has 0 aliphatic rings. The Morgan fingerprint density at radius 2 is 0.250 bits per heavy atom. The molecule has 0 aliphatic heterocycles. The van der Waals surface area contributed by atoms with E-state index in [1.165, 1.54) is 0 Å². The first-order valence-corrected chi connectivity index (χ1v) is 0. The monoisotopic (exact) mass is 276 g/mol. The number of hydrogen-bond donors (Lipinski definition) is 0. The second-order valence-corrected chi connectivity index (χ2v) is 0. The summed E-state index contributed by atoms with van der Waals surface area (Å²) in [5.41, 5.74) is 0. The van der Waals surface area contributed by atoms with Gasteiger partial charge in [-0.05, 0) is 0 Å². The zero-order chi connectivity index (χ0) is 0. The molecule has 0 heterocycles. The number of hydrogen-bond acceptors (Lipinski definition) is 0. The normalized spacial score (nSPS) is 0. The molecule has 2 atom stereocenters. The van der Waals surface area contributed by atoms with Gasteiger partial charge in [0.2, 0.25) is 0 Å². The number of rotatable bonds is 0. The van der Waals surface area contributed by atoms with Crippen LogP contribution in [0, 0.1) is 0 Å². The van der Waals surface area contributed by atoms with Crippen molar-refractivity contribution in [2.75, 3.05) is 0 Å². The molecule has 0 aromatic heterocycles. The Kier molecular flexibility index (Phi) is 94300. The van der Waals surface area contributed by atoms with E-state index >= 15 is 0 Å². The molecule has 0 saturated carbocycles. The summed E-state index contributed by atoms with van der Waals surface area (Å²) in [6, 6.07) is 0. The quantitative estimate of drug-likeness (QED) is 0.375. The minimum absolute atomic E-state index is 0. The summed E-state index contributed by atoms with van der Waals surface area (Å²) >= 11 is 0. The van der Waals surface area contributed by atoms with E-state index in [9.17, 15) is 0 Å². The van der Waals surface area contributed by atoms with Gasteiger partial charge in [-0.1, -0.05) is 0 Å². The van der Waals surface area contributed by atoms with Gasteiger partial charge in [-0.2, -0.15) is 0 Å². The van der Waals surface area contributed by atoms with E-state index in [1.54, 1.807) is 0 Å². The fourth-order valence-electron chi connectivity index (χ4n) is 0. The van der Waals surface area contributed by atoms with Gasteiger partial charge in [-0.15, -0.1) is 0 Å². The van der Waals surface area contributed by atoms with E-state index in [0.29, 0.717) is 0 Å². The van der Waals surface area contributed by atoms with Crippen LogP contribution in [0.5, 0.6) is 0 Å². The van der Waals surface area contributed by atoms with Gasteiger partial charge in [0, 0.05) is 0 Å². The molecule has 2 unspecified atom stereocenters. The second-order valence-electron chi connectivity index (χ2n) is 0. The summed E-state index contributed by atoms with van der Waals surface area (Å²) in [7, 11) is 0. The Balaban J connectivity index is 0. The molecule has 0 fully saturated rings. The van der Waals surface area contributed by atoms with Crippen molar-refractivity contribution in [1.29, 1.82) is 0 Å². The first-order valence-electron chi connectivity index (χ1n) is 0. The van der Waals surface area contributed by atoms with Crippen LogP contribution in [0.1, 0.15) is 0 Å². The SMILES string of the molecule is F.F.F.F.F.F.[AsH3].[AsH3]. The van der Waals surface area contributed by atoms with Crippen LogP contribution >= 0.6 is 0 Å². The summed E-state index contributed by atoms with van der Waals surface area (Å²) in [5.74, 6) is 0. The van der Waals surface area contributed by atoms with Crippen molar-refractivity contribution in [1.82, 2.24) is 0 Å². The fourth-order valence-corrected chi connectivity index (χ4v) is 0. The Hall–Kier alpha value is 0.697. The summed E-state index contributed by atoms with van der Waals surface area (Å²) in [6.45, 7) is 0. The Bertz CT molecular complexity index is 6.49. The van der Waals surface area contributed by atoms with Gasteiger partial charge in [0.25, 0.3) is 0 Å². The van der Waals surface area contributed by atoms with Gasteiger partial charge in [0.15, 0.2) is 0 Å². The molecule has 0 radical (unpaired) electrons. The number of halogens is 6. The maximum atomic E-state index is 0. The molecule has 8 heteroatoms. The van der Waals surface area contributed by atoms with E-state index < -0.39 is 0 Å². The first-order chi connectivity index (χ1) is 0. The van der Waals surface area contributed by atoms with Crippen molar-refractivity contribution < 1.29 is 28.2 Å². The summed E-state index contributed by atoms with van der Waals surface area (Å²) in [4.78, 5) is 0. The third-order valence-electron chi connectivity index (χ3n) is 0. The van der Waals surface area contributed by atoms with E-state index in [-0.39, 0.29) is 64.1 Å². The van der Waals surface area contributed by atoms with Crippen LogP contribution in [0.2, 0.25) is 0 Å². The van der Waals surface area contributed by atoms with E-state index in [4.69, 9.17) is 0 Å². The Morgan fingerprint density at radius 1 is 0.250 bits per heavy atom. The van der Waals surface area contributed by atoms with Crippen molar-refractivity contribution in [3.8, 4) is 0 Å². The third kappa shape index (κ3) is 448. The summed E-state index contributed by atoms with van der Waals surface area (Å²) in [5, 5.41) is 0. The molecule has 8 heavy (non-hydrogen) atoms. The zero-order valence-electron chi connectivity index (χ0n) is 3.86. The fraction of sp³-hybridized carbons (Fsp3) is 0. The van der Waals surface area contributed by atoms with Crippen molar-refractivity contribution in [2.24, 2.45) is 0 Å². The molecule has 0 saturated heterocycles. The Morgan fingerprint density at radius 3 is 0.250 bits per heavy atom. The van der Waals surface area contributed by atoms with Crippen LogP contribution in [-0.4, -0.2) is 35.9 Å². The summed E-state index contributed by atoms with van der Waals surface area (Å²) < 4.78 is 0. The van der Waals surface area contributed by atoms with Gasteiger partial charge >= 0.3 is 35.9 Å². The van der Waals surface area contributed by atoms with Crippen molar-refractivity contribution in [3.05, 3.63) is 0 Å². The van der Waals surface area contributed by atoms with E-state index in [0.717, 1.165) is 0 Å². The summed E-state index contributed by atoms with van der Waals surface area (Å²) in [6.07, 6.45) is 0. The predicted octanol–water partition coefficient (Wildman–Crippen LogP) is -1.45. The molecule has 0 nitrogen and oxygen atoms in total. The topological polar surface area (TPSA) is 0 Å². The predicted molar refractivity (Wildman–Crippen MR) is 34.9 cm³/mol. The van der Waals surface area contributed by atoms with Gasteiger partial charge in [-0.25, -0.2) is 0 Å². The van der Waals surface area contributed by atoms with Gasteiger partial charge in [0.1, 0.15) is 0 Å². The Labute approximate surface area is 64.6 Å². The van der Waals surface area contributed by atoms with E-state index in [2.05, 4.69) is 0 Å². The molecule has 0 bridgehead atoms. The van der Waals surface area contributed by atoms with Crippen LogP contribution in [0.15, 0.2) is 0 Å². The van der Waals surface area contributed by atoms with Gasteiger partial charge < -0.3 is 0 Å². The molecular weight excluding hydrogens is 264 g/mol. The van der Waals surface area contributed by atoms with Crippen molar-refractivity contribution in [2.45, 2.75) is 0 Å². The molecule has 0 N–H and O–H groups in total. The van der Waals surface area contributed by atoms with Crippen LogP contribution in [0.3, 0.4) is 0 Å².